The second-order valence-corrected chi connectivity index (χ2v) is 6.11. The average Bonchev–Trinajstić information content (AvgIpc) is 2.53. The van der Waals surface area contributed by atoms with E-state index in [1.165, 1.54) is 24.3 Å². The molecular weight excluding hydrogens is 375 g/mol. The van der Waals surface area contributed by atoms with Crippen LogP contribution in [0.5, 0.6) is 5.75 Å². The number of nitrogens with two attached hydrogens (primary N) is 1. The molecule has 0 spiro atoms. The number of benzene rings is 2. The summed E-state index contributed by atoms with van der Waals surface area (Å²) in [6.45, 7) is 1.56. The Balaban J connectivity index is 2.04. The lowest BCUT2D eigenvalue weighted by molar-refractivity contribution is -0.122. The molecule has 0 saturated carbocycles. The van der Waals surface area contributed by atoms with E-state index in [-0.39, 0.29) is 15.8 Å². The summed E-state index contributed by atoms with van der Waals surface area (Å²) in [6, 6.07) is 9.04. The minimum atomic E-state index is -0.837. The van der Waals surface area contributed by atoms with Crippen LogP contribution in [0.4, 0.5) is 5.69 Å². The van der Waals surface area contributed by atoms with E-state index in [1.807, 2.05) is 0 Å². The number of amides is 2. The zero-order valence-electron chi connectivity index (χ0n) is 12.5. The van der Waals surface area contributed by atoms with Gasteiger partial charge in [-0.2, -0.15) is 0 Å². The Morgan fingerprint density at radius 2 is 1.62 bits per heavy atom. The standard InChI is InChI=1S/C16H13Cl3N2O3/c1-8(24-14-7-12(18)11(17)6-13(14)19)16(23)21-10-4-2-9(3-5-10)15(20)22/h2-8H,1H3,(H2,20,22)(H,21,23)/t8-/m0/s1. The first kappa shape index (κ1) is 18.4. The number of nitrogens with one attached hydrogen (secondary N) is 1. The zero-order chi connectivity index (χ0) is 17.9. The minimum Gasteiger partial charge on any atom is -0.479 e. The van der Waals surface area contributed by atoms with Crippen LogP contribution in [0.25, 0.3) is 0 Å². The molecule has 3 N–H and O–H groups in total. The Morgan fingerprint density at radius 1 is 1.04 bits per heavy atom. The summed E-state index contributed by atoms with van der Waals surface area (Å²) < 4.78 is 5.52. The van der Waals surface area contributed by atoms with Gasteiger partial charge in [-0.05, 0) is 37.3 Å². The van der Waals surface area contributed by atoms with E-state index >= 15 is 0 Å². The molecular formula is C16H13Cl3N2O3. The smallest absolute Gasteiger partial charge is 0.265 e. The van der Waals surface area contributed by atoms with E-state index < -0.39 is 17.9 Å². The summed E-state index contributed by atoms with van der Waals surface area (Å²) in [5.41, 5.74) is 6.00. The lowest BCUT2D eigenvalue weighted by atomic mass is 10.2. The van der Waals surface area contributed by atoms with Crippen LogP contribution in [0.15, 0.2) is 36.4 Å². The molecule has 2 aromatic rings. The first-order valence-electron chi connectivity index (χ1n) is 6.80. The predicted molar refractivity (Wildman–Crippen MR) is 95.2 cm³/mol. The topological polar surface area (TPSA) is 81.4 Å². The molecule has 8 heteroatoms. The molecule has 2 aromatic carbocycles. The van der Waals surface area contributed by atoms with Crippen molar-refractivity contribution < 1.29 is 14.3 Å². The van der Waals surface area contributed by atoms with E-state index in [1.54, 1.807) is 19.1 Å². The maximum absolute atomic E-state index is 12.2. The highest BCUT2D eigenvalue weighted by atomic mass is 35.5. The molecule has 0 saturated heterocycles. The van der Waals surface area contributed by atoms with Crippen molar-refractivity contribution in [3.63, 3.8) is 0 Å². The van der Waals surface area contributed by atoms with Crippen molar-refractivity contribution in [3.05, 3.63) is 57.0 Å². The third-order valence-corrected chi connectivity index (χ3v) is 4.10. The molecule has 0 fully saturated rings. The van der Waals surface area contributed by atoms with Gasteiger partial charge in [-0.3, -0.25) is 9.59 Å². The number of anilines is 1. The summed E-state index contributed by atoms with van der Waals surface area (Å²) in [5, 5.41) is 3.46. The van der Waals surface area contributed by atoms with Gasteiger partial charge >= 0.3 is 0 Å². The Hall–Kier alpha value is -1.95. The van der Waals surface area contributed by atoms with Gasteiger partial charge in [-0.15, -0.1) is 0 Å². The molecule has 2 amide bonds. The summed E-state index contributed by atoms with van der Waals surface area (Å²) in [7, 11) is 0. The van der Waals surface area contributed by atoms with Crippen molar-refractivity contribution in [2.45, 2.75) is 13.0 Å². The van der Waals surface area contributed by atoms with Crippen LogP contribution in [0.1, 0.15) is 17.3 Å². The Morgan fingerprint density at radius 3 is 2.21 bits per heavy atom. The van der Waals surface area contributed by atoms with Crippen LogP contribution in [0.2, 0.25) is 15.1 Å². The van der Waals surface area contributed by atoms with Gasteiger partial charge < -0.3 is 15.8 Å². The number of hydrogen-bond donors (Lipinski definition) is 2. The molecule has 0 aliphatic heterocycles. The largest absolute Gasteiger partial charge is 0.479 e. The number of carbonyl (C=O) groups excluding carboxylic acids is 2. The summed E-state index contributed by atoms with van der Waals surface area (Å²) >= 11 is 17.8. The van der Waals surface area contributed by atoms with Crippen molar-refractivity contribution >= 4 is 52.3 Å². The van der Waals surface area contributed by atoms with Gasteiger partial charge in [0.2, 0.25) is 5.91 Å². The summed E-state index contributed by atoms with van der Waals surface area (Å²) in [5.74, 6) is -0.694. The molecule has 0 unspecified atom stereocenters. The third-order valence-electron chi connectivity index (χ3n) is 3.08. The maximum Gasteiger partial charge on any atom is 0.265 e. The number of hydrogen-bond acceptors (Lipinski definition) is 3. The molecule has 1 atom stereocenters. The van der Waals surface area contributed by atoms with Crippen LogP contribution >= 0.6 is 34.8 Å². The second-order valence-electron chi connectivity index (χ2n) is 4.89. The van der Waals surface area contributed by atoms with Crippen LogP contribution < -0.4 is 15.8 Å². The van der Waals surface area contributed by atoms with E-state index in [2.05, 4.69) is 5.32 Å². The van der Waals surface area contributed by atoms with Crippen LogP contribution in [0, 0.1) is 0 Å². The molecule has 0 aliphatic carbocycles. The van der Waals surface area contributed by atoms with Crippen LogP contribution in [-0.4, -0.2) is 17.9 Å². The van der Waals surface area contributed by atoms with Gasteiger partial charge in [-0.1, -0.05) is 34.8 Å². The monoisotopic (exact) mass is 386 g/mol. The number of ether oxygens (including phenoxy) is 1. The van der Waals surface area contributed by atoms with Gasteiger partial charge in [0.25, 0.3) is 5.91 Å². The number of rotatable bonds is 5. The fourth-order valence-electron chi connectivity index (χ4n) is 1.80. The molecule has 0 aliphatic rings. The lowest BCUT2D eigenvalue weighted by Gasteiger charge is -2.16. The molecule has 5 nitrogen and oxygen atoms in total. The second kappa shape index (κ2) is 7.75. The minimum absolute atomic E-state index is 0.245. The van der Waals surface area contributed by atoms with Gasteiger partial charge in [-0.25, -0.2) is 0 Å². The van der Waals surface area contributed by atoms with Gasteiger partial charge in [0, 0.05) is 17.3 Å². The van der Waals surface area contributed by atoms with Gasteiger partial charge in [0.15, 0.2) is 6.10 Å². The van der Waals surface area contributed by atoms with E-state index in [0.29, 0.717) is 16.3 Å². The first-order chi connectivity index (χ1) is 11.3. The Bertz CT molecular complexity index is 779. The van der Waals surface area contributed by atoms with Crippen molar-refractivity contribution in [2.75, 3.05) is 5.32 Å². The fraction of sp³-hybridized carbons (Fsp3) is 0.125. The van der Waals surface area contributed by atoms with Crippen molar-refractivity contribution in [1.29, 1.82) is 0 Å². The Kier molecular flexibility index (Phi) is 5.94. The van der Waals surface area contributed by atoms with E-state index in [4.69, 9.17) is 45.3 Å². The molecule has 24 heavy (non-hydrogen) atoms. The highest BCUT2D eigenvalue weighted by Gasteiger charge is 2.17. The first-order valence-corrected chi connectivity index (χ1v) is 7.93. The highest BCUT2D eigenvalue weighted by molar-refractivity contribution is 6.43. The number of primary amides is 1. The van der Waals surface area contributed by atoms with Crippen LogP contribution in [-0.2, 0) is 4.79 Å². The molecule has 2 rings (SSSR count). The van der Waals surface area contributed by atoms with E-state index in [0.717, 1.165) is 0 Å². The number of carbonyl (C=O) groups is 2. The highest BCUT2D eigenvalue weighted by Crippen LogP contribution is 2.34. The molecule has 0 radical (unpaired) electrons. The molecule has 0 heterocycles. The molecule has 126 valence electrons. The Labute approximate surface area is 153 Å². The van der Waals surface area contributed by atoms with Gasteiger partial charge in [0.1, 0.15) is 5.75 Å². The maximum atomic E-state index is 12.2. The normalized spacial score (nSPS) is 11.7. The number of halogens is 3. The van der Waals surface area contributed by atoms with Crippen molar-refractivity contribution in [3.8, 4) is 5.75 Å². The molecule has 0 aromatic heterocycles. The fourth-order valence-corrected chi connectivity index (χ4v) is 2.38. The predicted octanol–water partition coefficient (Wildman–Crippen LogP) is 4.15. The lowest BCUT2D eigenvalue weighted by Crippen LogP contribution is -2.30. The van der Waals surface area contributed by atoms with Crippen molar-refractivity contribution in [1.82, 2.24) is 0 Å². The summed E-state index contributed by atoms with van der Waals surface area (Å²) in [4.78, 5) is 23.2. The average molecular weight is 388 g/mol. The molecule has 0 bridgehead atoms. The summed E-state index contributed by atoms with van der Waals surface area (Å²) in [6.07, 6.45) is -0.837. The quantitative estimate of drug-likeness (QED) is 0.756. The third kappa shape index (κ3) is 4.54. The SMILES string of the molecule is C[C@H](Oc1cc(Cl)c(Cl)cc1Cl)C(=O)Nc1ccc(C(N)=O)cc1. The van der Waals surface area contributed by atoms with Crippen LogP contribution in [0.3, 0.4) is 0 Å². The van der Waals surface area contributed by atoms with Gasteiger partial charge in [0.05, 0.1) is 15.1 Å². The zero-order valence-corrected chi connectivity index (χ0v) is 14.7. The van der Waals surface area contributed by atoms with Crippen molar-refractivity contribution in [2.24, 2.45) is 5.73 Å². The van der Waals surface area contributed by atoms with E-state index in [9.17, 15) is 9.59 Å².